The van der Waals surface area contributed by atoms with Gasteiger partial charge >= 0.3 is 5.97 Å². The predicted molar refractivity (Wildman–Crippen MR) is 92.1 cm³/mol. The molecule has 0 spiro atoms. The lowest BCUT2D eigenvalue weighted by Crippen LogP contribution is -2.32. The lowest BCUT2D eigenvalue weighted by atomic mass is 10.2. The van der Waals surface area contributed by atoms with Crippen molar-refractivity contribution >= 4 is 11.9 Å². The largest absolute Gasteiger partial charge is 0.481 e. The van der Waals surface area contributed by atoms with E-state index in [2.05, 4.69) is 9.97 Å². The first kappa shape index (κ1) is 21.4. The monoisotopic (exact) mass is 359 g/mol. The van der Waals surface area contributed by atoms with Crippen molar-refractivity contribution in [2.75, 3.05) is 71.9 Å². The van der Waals surface area contributed by atoms with Crippen molar-refractivity contribution in [1.82, 2.24) is 9.97 Å². The second kappa shape index (κ2) is 13.6. The highest BCUT2D eigenvalue weighted by Gasteiger charge is 2.11. The van der Waals surface area contributed by atoms with Crippen LogP contribution in [-0.4, -0.2) is 88.0 Å². The fourth-order valence-electron chi connectivity index (χ4n) is 2.04. The number of rotatable bonds is 16. The van der Waals surface area contributed by atoms with Crippen molar-refractivity contribution in [2.24, 2.45) is 0 Å². The van der Waals surface area contributed by atoms with Gasteiger partial charge in [-0.1, -0.05) is 0 Å². The molecule has 1 aromatic heterocycles. The third-order valence-electron chi connectivity index (χ3n) is 3.40. The number of hydrogen-bond donors (Lipinski definition) is 2. The topological polar surface area (TPSA) is 106 Å². The van der Waals surface area contributed by atoms with E-state index in [0.717, 1.165) is 5.69 Å². The third-order valence-corrected chi connectivity index (χ3v) is 3.40. The van der Waals surface area contributed by atoms with Crippen molar-refractivity contribution in [1.29, 1.82) is 0 Å². The molecule has 2 N–H and O–H groups in total. The molecule has 0 bridgehead atoms. The minimum atomic E-state index is -0.828. The number of aryl methyl sites for hydroxylation is 1. The quantitative estimate of drug-likeness (QED) is 0.412. The van der Waals surface area contributed by atoms with E-state index in [-0.39, 0.29) is 6.42 Å². The predicted octanol–water partition coefficient (Wildman–Crippen LogP) is 0.559. The maximum atomic E-state index is 10.7. The number of anilines is 1. The summed E-state index contributed by atoms with van der Waals surface area (Å²) in [4.78, 5) is 20.2. The van der Waals surface area contributed by atoms with Crippen molar-refractivity contribution in [3.8, 4) is 0 Å². The second-order valence-electron chi connectivity index (χ2n) is 5.32. The Morgan fingerprint density at radius 3 is 2.20 bits per heavy atom. The standard InChI is InChI=1S/C16H29N3O6/c1-22-9-11-24-7-5-19(6-8-25-12-10-23-2)16-17-13-14(18-16)3-4-15(20)21/h13H,3-12H2,1-2H3,(H,17,18)(H,20,21). The zero-order chi connectivity index (χ0) is 18.3. The number of carbonyl (C=O) groups is 1. The van der Waals surface area contributed by atoms with Gasteiger partial charge in [0.25, 0.3) is 0 Å². The Balaban J connectivity index is 2.48. The van der Waals surface area contributed by atoms with Crippen molar-refractivity contribution < 1.29 is 28.8 Å². The Morgan fingerprint density at radius 1 is 1.08 bits per heavy atom. The van der Waals surface area contributed by atoms with E-state index in [0.29, 0.717) is 65.1 Å². The molecule has 1 aromatic rings. The summed E-state index contributed by atoms with van der Waals surface area (Å²) in [6, 6.07) is 0. The van der Waals surface area contributed by atoms with Crippen LogP contribution in [0.15, 0.2) is 6.20 Å². The van der Waals surface area contributed by atoms with E-state index in [1.54, 1.807) is 20.4 Å². The average Bonchev–Trinajstić information content (AvgIpc) is 3.06. The van der Waals surface area contributed by atoms with Gasteiger partial charge in [0.1, 0.15) is 0 Å². The van der Waals surface area contributed by atoms with Gasteiger partial charge in [-0.3, -0.25) is 4.79 Å². The number of hydrogen-bond acceptors (Lipinski definition) is 7. The number of aromatic amines is 1. The summed E-state index contributed by atoms with van der Waals surface area (Å²) >= 11 is 0. The van der Waals surface area contributed by atoms with Crippen LogP contribution in [0.5, 0.6) is 0 Å². The summed E-state index contributed by atoms with van der Waals surface area (Å²) in [7, 11) is 3.27. The normalized spacial score (nSPS) is 11.0. The van der Waals surface area contributed by atoms with Crippen LogP contribution in [0.1, 0.15) is 12.1 Å². The molecule has 0 saturated heterocycles. The Morgan fingerprint density at radius 2 is 1.68 bits per heavy atom. The van der Waals surface area contributed by atoms with Crippen molar-refractivity contribution in [3.05, 3.63) is 11.9 Å². The molecule has 0 radical (unpaired) electrons. The Bertz CT molecular complexity index is 454. The van der Waals surface area contributed by atoms with Gasteiger partial charge in [-0.05, 0) is 6.42 Å². The number of ether oxygens (including phenoxy) is 4. The molecule has 0 atom stereocenters. The van der Waals surface area contributed by atoms with Gasteiger partial charge in [0, 0.05) is 33.0 Å². The van der Waals surface area contributed by atoms with Gasteiger partial charge in [0.15, 0.2) is 0 Å². The lowest BCUT2D eigenvalue weighted by molar-refractivity contribution is -0.136. The highest BCUT2D eigenvalue weighted by molar-refractivity contribution is 5.66. The zero-order valence-corrected chi connectivity index (χ0v) is 15.0. The van der Waals surface area contributed by atoms with Crippen LogP contribution in [0.2, 0.25) is 0 Å². The Labute approximate surface area is 148 Å². The van der Waals surface area contributed by atoms with E-state index in [4.69, 9.17) is 24.1 Å². The number of carboxylic acids is 1. The number of carboxylic acid groups (broad SMARTS) is 1. The van der Waals surface area contributed by atoms with E-state index >= 15 is 0 Å². The first-order valence-electron chi connectivity index (χ1n) is 8.31. The number of nitrogens with one attached hydrogen (secondary N) is 1. The molecule has 0 aromatic carbocycles. The van der Waals surface area contributed by atoms with Crippen LogP contribution < -0.4 is 4.90 Å². The fourth-order valence-corrected chi connectivity index (χ4v) is 2.04. The van der Waals surface area contributed by atoms with Crippen LogP contribution in [-0.2, 0) is 30.2 Å². The molecule has 0 aliphatic heterocycles. The Kier molecular flexibility index (Phi) is 11.6. The highest BCUT2D eigenvalue weighted by Crippen LogP contribution is 2.10. The van der Waals surface area contributed by atoms with Gasteiger partial charge in [-0.2, -0.15) is 0 Å². The van der Waals surface area contributed by atoms with Gasteiger partial charge in [-0.15, -0.1) is 0 Å². The van der Waals surface area contributed by atoms with Gasteiger partial charge < -0.3 is 33.9 Å². The van der Waals surface area contributed by atoms with Crippen LogP contribution in [0, 0.1) is 0 Å². The molecular weight excluding hydrogens is 330 g/mol. The van der Waals surface area contributed by atoms with E-state index in [9.17, 15) is 4.79 Å². The first-order valence-corrected chi connectivity index (χ1v) is 8.31. The van der Waals surface area contributed by atoms with Gasteiger partial charge in [0.2, 0.25) is 5.95 Å². The molecule has 0 amide bonds. The number of H-pyrrole nitrogens is 1. The molecule has 25 heavy (non-hydrogen) atoms. The Hall–Kier alpha value is -1.68. The minimum absolute atomic E-state index is 0.0713. The molecule has 0 saturated carbocycles. The van der Waals surface area contributed by atoms with Crippen molar-refractivity contribution in [3.63, 3.8) is 0 Å². The lowest BCUT2D eigenvalue weighted by Gasteiger charge is -2.22. The minimum Gasteiger partial charge on any atom is -0.481 e. The summed E-state index contributed by atoms with van der Waals surface area (Å²) in [5.41, 5.74) is 0.794. The van der Waals surface area contributed by atoms with E-state index in [1.807, 2.05) is 4.90 Å². The van der Waals surface area contributed by atoms with E-state index in [1.165, 1.54) is 0 Å². The maximum Gasteiger partial charge on any atom is 0.303 e. The van der Waals surface area contributed by atoms with E-state index < -0.39 is 5.97 Å². The third kappa shape index (κ3) is 10.0. The number of aliphatic carboxylic acids is 1. The number of aromatic nitrogens is 2. The molecule has 9 heteroatoms. The molecule has 0 aliphatic rings. The molecule has 0 aliphatic carbocycles. The smallest absolute Gasteiger partial charge is 0.303 e. The van der Waals surface area contributed by atoms with Gasteiger partial charge in [-0.25, -0.2) is 4.98 Å². The van der Waals surface area contributed by atoms with Crippen LogP contribution in [0.3, 0.4) is 0 Å². The summed E-state index contributed by atoms with van der Waals surface area (Å²) in [5, 5.41) is 8.77. The summed E-state index contributed by atoms with van der Waals surface area (Å²) in [6.45, 7) is 4.54. The number of nitrogens with zero attached hydrogens (tertiary/aromatic N) is 2. The first-order chi connectivity index (χ1) is 12.2. The SMILES string of the molecule is COCCOCCN(CCOCCOC)c1ncc(CCC(=O)O)[nH]1. The molecule has 1 heterocycles. The van der Waals surface area contributed by atoms with Gasteiger partial charge in [0.05, 0.1) is 52.3 Å². The number of methoxy groups -OCH3 is 2. The van der Waals surface area contributed by atoms with Crippen molar-refractivity contribution in [2.45, 2.75) is 12.8 Å². The molecule has 1 rings (SSSR count). The zero-order valence-electron chi connectivity index (χ0n) is 15.0. The molecule has 144 valence electrons. The summed E-state index contributed by atoms with van der Waals surface area (Å²) in [5.74, 6) is -0.142. The molecule has 0 fully saturated rings. The van der Waals surface area contributed by atoms with Crippen LogP contribution in [0.4, 0.5) is 5.95 Å². The second-order valence-corrected chi connectivity index (χ2v) is 5.32. The number of imidazole rings is 1. The molecule has 9 nitrogen and oxygen atoms in total. The summed E-state index contributed by atoms with van der Waals surface area (Å²) < 4.78 is 20.9. The molecular formula is C16H29N3O6. The summed E-state index contributed by atoms with van der Waals surface area (Å²) in [6.07, 6.45) is 2.16. The average molecular weight is 359 g/mol. The maximum absolute atomic E-state index is 10.7. The van der Waals surface area contributed by atoms with Crippen LogP contribution >= 0.6 is 0 Å². The highest BCUT2D eigenvalue weighted by atomic mass is 16.5. The molecule has 0 unspecified atom stereocenters. The van der Waals surface area contributed by atoms with Crippen LogP contribution in [0.25, 0.3) is 0 Å². The fraction of sp³-hybridized carbons (Fsp3) is 0.750.